The van der Waals surface area contributed by atoms with Gasteiger partial charge < -0.3 is 10.2 Å². The van der Waals surface area contributed by atoms with Crippen molar-refractivity contribution in [2.75, 3.05) is 31.1 Å². The Morgan fingerprint density at radius 2 is 1.95 bits per heavy atom. The first-order valence-corrected chi connectivity index (χ1v) is 8.71. The minimum atomic E-state index is 0.481. The van der Waals surface area contributed by atoms with Gasteiger partial charge in [0.05, 0.1) is 0 Å². The molecule has 0 heterocycles. The maximum Gasteiger partial charge on any atom is 0.0368 e. The summed E-state index contributed by atoms with van der Waals surface area (Å²) in [6.07, 6.45) is 6.79. The first-order chi connectivity index (χ1) is 10.2. The average molecular weight is 288 g/mol. The number of aryl methyl sites for hydroxylation is 1. The van der Waals surface area contributed by atoms with Gasteiger partial charge in [-0.2, -0.15) is 0 Å². The average Bonchev–Trinajstić information content (AvgIpc) is 2.94. The molecule has 1 saturated carbocycles. The van der Waals surface area contributed by atoms with Crippen LogP contribution in [0.5, 0.6) is 0 Å². The van der Waals surface area contributed by atoms with Crippen molar-refractivity contribution in [2.45, 2.75) is 52.9 Å². The predicted octanol–water partition coefficient (Wildman–Crippen LogP) is 4.38. The van der Waals surface area contributed by atoms with E-state index < -0.39 is 0 Å². The largest absolute Gasteiger partial charge is 0.371 e. The maximum absolute atomic E-state index is 3.68. The lowest BCUT2D eigenvalue weighted by Crippen LogP contribution is -2.43. The summed E-state index contributed by atoms with van der Waals surface area (Å²) < 4.78 is 0. The lowest BCUT2D eigenvalue weighted by molar-refractivity contribution is 0.284. The fourth-order valence-electron chi connectivity index (χ4n) is 3.66. The van der Waals surface area contributed by atoms with E-state index in [0.717, 1.165) is 13.1 Å². The Morgan fingerprint density at radius 3 is 2.57 bits per heavy atom. The molecule has 0 spiro atoms. The Hall–Kier alpha value is -1.02. The summed E-state index contributed by atoms with van der Waals surface area (Å²) in [7, 11) is 0. The summed E-state index contributed by atoms with van der Waals surface area (Å²) in [5, 5.41) is 3.68. The van der Waals surface area contributed by atoms with E-state index in [1.165, 1.54) is 56.4 Å². The van der Waals surface area contributed by atoms with E-state index in [2.05, 4.69) is 55.3 Å². The van der Waals surface area contributed by atoms with Crippen molar-refractivity contribution in [1.82, 2.24) is 5.32 Å². The number of anilines is 1. The van der Waals surface area contributed by atoms with E-state index in [-0.39, 0.29) is 0 Å². The van der Waals surface area contributed by atoms with Gasteiger partial charge in [-0.25, -0.2) is 0 Å². The van der Waals surface area contributed by atoms with Crippen molar-refractivity contribution in [3.8, 4) is 0 Å². The SMILES string of the molecule is CCCNCC1(CN(CC)c2cccc(C)c2)CCCC1. The van der Waals surface area contributed by atoms with E-state index in [9.17, 15) is 0 Å². The van der Waals surface area contributed by atoms with Gasteiger partial charge >= 0.3 is 0 Å². The van der Waals surface area contributed by atoms with Crippen LogP contribution < -0.4 is 10.2 Å². The van der Waals surface area contributed by atoms with Gasteiger partial charge in [0.1, 0.15) is 0 Å². The third-order valence-corrected chi connectivity index (χ3v) is 4.87. The fourth-order valence-corrected chi connectivity index (χ4v) is 3.66. The van der Waals surface area contributed by atoms with Crippen LogP contribution in [0.25, 0.3) is 0 Å². The van der Waals surface area contributed by atoms with E-state index in [4.69, 9.17) is 0 Å². The highest BCUT2D eigenvalue weighted by Gasteiger charge is 2.35. The summed E-state index contributed by atoms with van der Waals surface area (Å²) >= 11 is 0. The Kier molecular flexibility index (Phi) is 6.10. The zero-order valence-electron chi connectivity index (χ0n) is 14.1. The van der Waals surface area contributed by atoms with Gasteiger partial charge in [0.15, 0.2) is 0 Å². The molecule has 0 amide bonds. The molecule has 0 unspecified atom stereocenters. The minimum absolute atomic E-state index is 0.481. The number of hydrogen-bond donors (Lipinski definition) is 1. The van der Waals surface area contributed by atoms with Crippen LogP contribution >= 0.6 is 0 Å². The Balaban J connectivity index is 2.06. The number of hydrogen-bond acceptors (Lipinski definition) is 2. The first-order valence-electron chi connectivity index (χ1n) is 8.71. The van der Waals surface area contributed by atoms with Crippen LogP contribution in [0.4, 0.5) is 5.69 Å². The molecular weight excluding hydrogens is 256 g/mol. The lowest BCUT2D eigenvalue weighted by Gasteiger charge is -2.36. The van der Waals surface area contributed by atoms with Gasteiger partial charge in [0.2, 0.25) is 0 Å². The van der Waals surface area contributed by atoms with Crippen molar-refractivity contribution < 1.29 is 0 Å². The van der Waals surface area contributed by atoms with Crippen LogP contribution in [0, 0.1) is 12.3 Å². The molecule has 2 nitrogen and oxygen atoms in total. The third kappa shape index (κ3) is 4.47. The van der Waals surface area contributed by atoms with Crippen molar-refractivity contribution >= 4 is 5.69 Å². The number of benzene rings is 1. The molecule has 1 aliphatic carbocycles. The van der Waals surface area contributed by atoms with Gasteiger partial charge in [0.25, 0.3) is 0 Å². The minimum Gasteiger partial charge on any atom is -0.371 e. The van der Waals surface area contributed by atoms with Crippen molar-refractivity contribution in [3.05, 3.63) is 29.8 Å². The summed E-state index contributed by atoms with van der Waals surface area (Å²) in [6.45, 7) is 11.3. The van der Waals surface area contributed by atoms with Crippen molar-refractivity contribution in [1.29, 1.82) is 0 Å². The van der Waals surface area contributed by atoms with E-state index in [1.807, 2.05) is 0 Å². The highest BCUT2D eigenvalue weighted by atomic mass is 15.1. The molecule has 0 saturated heterocycles. The molecule has 0 bridgehead atoms. The van der Waals surface area contributed by atoms with Crippen LogP contribution in [-0.2, 0) is 0 Å². The van der Waals surface area contributed by atoms with Crippen molar-refractivity contribution in [3.63, 3.8) is 0 Å². The number of nitrogens with zero attached hydrogens (tertiary/aromatic N) is 1. The molecule has 21 heavy (non-hydrogen) atoms. The Morgan fingerprint density at radius 1 is 1.19 bits per heavy atom. The van der Waals surface area contributed by atoms with Gasteiger partial charge in [-0.05, 0) is 57.4 Å². The van der Waals surface area contributed by atoms with E-state index in [1.54, 1.807) is 0 Å². The molecule has 0 radical (unpaired) electrons. The van der Waals surface area contributed by atoms with Gasteiger partial charge in [-0.3, -0.25) is 0 Å². The fraction of sp³-hybridized carbons (Fsp3) is 0.684. The van der Waals surface area contributed by atoms with Gasteiger partial charge in [0, 0.05) is 30.7 Å². The molecule has 0 atom stereocenters. The summed E-state index contributed by atoms with van der Waals surface area (Å²) in [6, 6.07) is 8.96. The van der Waals surface area contributed by atoms with Crippen LogP contribution in [0.15, 0.2) is 24.3 Å². The smallest absolute Gasteiger partial charge is 0.0368 e. The topological polar surface area (TPSA) is 15.3 Å². The number of rotatable bonds is 8. The number of nitrogens with one attached hydrogen (secondary N) is 1. The lowest BCUT2D eigenvalue weighted by atomic mass is 9.85. The molecule has 1 N–H and O–H groups in total. The molecule has 0 aromatic heterocycles. The molecule has 1 aromatic rings. The monoisotopic (exact) mass is 288 g/mol. The highest BCUT2D eigenvalue weighted by molar-refractivity contribution is 5.48. The summed E-state index contributed by atoms with van der Waals surface area (Å²) in [5.41, 5.74) is 3.23. The predicted molar refractivity (Wildman–Crippen MR) is 93.1 cm³/mol. The third-order valence-electron chi connectivity index (χ3n) is 4.87. The van der Waals surface area contributed by atoms with Crippen LogP contribution in [0.3, 0.4) is 0 Å². The summed E-state index contributed by atoms with van der Waals surface area (Å²) in [5.74, 6) is 0. The maximum atomic E-state index is 3.68. The molecule has 0 aliphatic heterocycles. The first kappa shape index (κ1) is 16.4. The van der Waals surface area contributed by atoms with Gasteiger partial charge in [-0.15, -0.1) is 0 Å². The molecule has 118 valence electrons. The van der Waals surface area contributed by atoms with Gasteiger partial charge in [-0.1, -0.05) is 31.9 Å². The molecular formula is C19H32N2. The molecule has 2 rings (SSSR count). The molecule has 1 aliphatic rings. The van der Waals surface area contributed by atoms with Crippen molar-refractivity contribution in [2.24, 2.45) is 5.41 Å². The zero-order chi connectivity index (χ0) is 15.1. The Labute approximate surface area is 130 Å². The van der Waals surface area contributed by atoms with Crippen LogP contribution in [-0.4, -0.2) is 26.2 Å². The summed E-state index contributed by atoms with van der Waals surface area (Å²) in [4.78, 5) is 2.58. The second-order valence-electron chi connectivity index (χ2n) is 6.74. The molecule has 2 heteroatoms. The standard InChI is InChI=1S/C19H32N2/c1-4-13-20-15-19(11-6-7-12-19)16-21(5-2)18-10-8-9-17(3)14-18/h8-10,14,20H,4-7,11-13,15-16H2,1-3H3. The highest BCUT2D eigenvalue weighted by Crippen LogP contribution is 2.39. The molecule has 1 aromatic carbocycles. The Bertz CT molecular complexity index is 421. The second-order valence-corrected chi connectivity index (χ2v) is 6.74. The zero-order valence-corrected chi connectivity index (χ0v) is 14.1. The second kappa shape index (κ2) is 7.84. The van der Waals surface area contributed by atoms with E-state index >= 15 is 0 Å². The van der Waals surface area contributed by atoms with Crippen LogP contribution in [0.2, 0.25) is 0 Å². The van der Waals surface area contributed by atoms with Crippen LogP contribution in [0.1, 0.15) is 51.5 Å². The van der Waals surface area contributed by atoms with E-state index in [0.29, 0.717) is 5.41 Å². The quantitative estimate of drug-likeness (QED) is 0.714. The normalized spacial score (nSPS) is 17.1. The molecule has 1 fully saturated rings.